The summed E-state index contributed by atoms with van der Waals surface area (Å²) in [5.41, 5.74) is 0. The lowest BCUT2D eigenvalue weighted by atomic mass is 10.2. The van der Waals surface area contributed by atoms with Crippen molar-refractivity contribution in [3.8, 4) is 11.8 Å². The maximum Gasteiger partial charge on any atom is 0.243 e. The van der Waals surface area contributed by atoms with Gasteiger partial charge in [0.2, 0.25) is 11.7 Å². The second-order valence-electron chi connectivity index (χ2n) is 2.68. The van der Waals surface area contributed by atoms with Gasteiger partial charge < -0.3 is 5.32 Å². The first-order chi connectivity index (χ1) is 6.06. The molecule has 1 N–H and O–H groups in total. The Hall–Kier alpha value is -1.56. The Balaban J connectivity index is 3.83. The molecule has 0 radical (unpaired) electrons. The molecule has 3 nitrogen and oxygen atoms in total. The summed E-state index contributed by atoms with van der Waals surface area (Å²) in [6.07, 6.45) is 1.67. The first-order valence-corrected chi connectivity index (χ1v) is 3.98. The second kappa shape index (κ2) is 6.01. The molecule has 13 heavy (non-hydrogen) atoms. The summed E-state index contributed by atoms with van der Waals surface area (Å²) in [6, 6.07) is -0.0580. The molecule has 0 aromatic rings. The highest BCUT2D eigenvalue weighted by Gasteiger charge is 2.00. The molecule has 0 saturated carbocycles. The van der Waals surface area contributed by atoms with Crippen molar-refractivity contribution in [1.29, 1.82) is 0 Å². The van der Waals surface area contributed by atoms with Crippen molar-refractivity contribution in [1.82, 2.24) is 5.32 Å². The molecule has 1 atom stereocenters. The van der Waals surface area contributed by atoms with Gasteiger partial charge in [0.05, 0.1) is 0 Å². The molecule has 0 aliphatic heterocycles. The molecule has 0 aliphatic rings. The van der Waals surface area contributed by atoms with Crippen LogP contribution in [0, 0.1) is 11.8 Å². The summed E-state index contributed by atoms with van der Waals surface area (Å²) < 4.78 is 0. The van der Waals surface area contributed by atoms with E-state index in [1.54, 1.807) is 0 Å². The smallest absolute Gasteiger partial charge is 0.243 e. The molecular formula is C10H13NO2. The molecule has 1 amide bonds. The van der Waals surface area contributed by atoms with Crippen LogP contribution >= 0.6 is 0 Å². The van der Waals surface area contributed by atoms with Crippen molar-refractivity contribution >= 4 is 11.7 Å². The summed E-state index contributed by atoms with van der Waals surface area (Å²) in [7, 11) is 0. The van der Waals surface area contributed by atoms with Gasteiger partial charge in [-0.25, -0.2) is 0 Å². The van der Waals surface area contributed by atoms with Crippen LogP contribution in [0.4, 0.5) is 0 Å². The monoisotopic (exact) mass is 179 g/mol. The van der Waals surface area contributed by atoms with Gasteiger partial charge in [-0.05, 0) is 18.9 Å². The van der Waals surface area contributed by atoms with E-state index in [0.717, 1.165) is 0 Å². The minimum atomic E-state index is -0.225. The number of amides is 1. The molecule has 0 fully saturated rings. The largest absolute Gasteiger partial charge is 0.349 e. The Bertz CT molecular complexity index is 270. The molecule has 0 aliphatic carbocycles. The number of Topliss-reactive ketones (excluding diaryl/α,β-unsaturated/α-hetero) is 1. The zero-order valence-corrected chi connectivity index (χ0v) is 7.89. The Kier molecular flexibility index (Phi) is 5.29. The fraction of sp³-hybridized carbons (Fsp3) is 0.400. The van der Waals surface area contributed by atoms with Crippen LogP contribution in [-0.4, -0.2) is 17.7 Å². The van der Waals surface area contributed by atoms with E-state index < -0.39 is 0 Å². The Morgan fingerprint density at radius 2 is 2.23 bits per heavy atom. The summed E-state index contributed by atoms with van der Waals surface area (Å²) in [6.45, 7) is 6.54. The first-order valence-electron chi connectivity index (χ1n) is 3.98. The minimum Gasteiger partial charge on any atom is -0.349 e. The van der Waals surface area contributed by atoms with E-state index in [2.05, 4.69) is 23.7 Å². The fourth-order valence-electron chi connectivity index (χ4n) is 0.681. The van der Waals surface area contributed by atoms with Crippen LogP contribution < -0.4 is 5.32 Å². The second-order valence-corrected chi connectivity index (χ2v) is 2.68. The van der Waals surface area contributed by atoms with Crippen LogP contribution in [0.3, 0.4) is 0 Å². The summed E-state index contributed by atoms with van der Waals surface area (Å²) in [5, 5.41) is 2.63. The van der Waals surface area contributed by atoms with E-state index in [-0.39, 0.29) is 17.7 Å². The predicted molar refractivity (Wildman–Crippen MR) is 50.9 cm³/mol. The van der Waals surface area contributed by atoms with Crippen molar-refractivity contribution in [2.45, 2.75) is 26.3 Å². The lowest BCUT2D eigenvalue weighted by Gasteiger charge is -2.07. The van der Waals surface area contributed by atoms with Crippen LogP contribution in [0.25, 0.3) is 0 Å². The standard InChI is InChI=1S/C10H13NO2/c1-4-10(13)11-8(2)6-5-7-9(3)12/h4,8H,1,6H2,2-3H3,(H,11,13). The van der Waals surface area contributed by atoms with Gasteiger partial charge in [0.15, 0.2) is 0 Å². The topological polar surface area (TPSA) is 46.2 Å². The first kappa shape index (κ1) is 11.4. The van der Waals surface area contributed by atoms with Crippen LogP contribution in [0.2, 0.25) is 0 Å². The van der Waals surface area contributed by atoms with Crippen molar-refractivity contribution in [2.75, 3.05) is 0 Å². The maximum atomic E-state index is 10.8. The van der Waals surface area contributed by atoms with E-state index in [1.165, 1.54) is 13.0 Å². The number of rotatable bonds is 3. The quantitative estimate of drug-likeness (QED) is 0.393. The molecule has 1 unspecified atom stereocenters. The van der Waals surface area contributed by atoms with Gasteiger partial charge in [-0.15, -0.1) is 0 Å². The Morgan fingerprint density at radius 1 is 1.62 bits per heavy atom. The van der Waals surface area contributed by atoms with Gasteiger partial charge in [-0.3, -0.25) is 9.59 Å². The molecule has 70 valence electrons. The molecule has 0 bridgehead atoms. The molecule has 0 spiro atoms. The van der Waals surface area contributed by atoms with Crippen molar-refractivity contribution < 1.29 is 9.59 Å². The normalized spacial score (nSPS) is 10.6. The van der Waals surface area contributed by atoms with Crippen LogP contribution in [-0.2, 0) is 9.59 Å². The molecule has 0 rings (SSSR count). The zero-order valence-electron chi connectivity index (χ0n) is 7.89. The number of hydrogen-bond acceptors (Lipinski definition) is 2. The van der Waals surface area contributed by atoms with Crippen molar-refractivity contribution in [3.63, 3.8) is 0 Å². The van der Waals surface area contributed by atoms with E-state index in [9.17, 15) is 9.59 Å². The van der Waals surface area contributed by atoms with Gasteiger partial charge in [0.25, 0.3) is 0 Å². The number of nitrogens with one attached hydrogen (secondary N) is 1. The molecule has 0 saturated heterocycles. The molecule has 0 heterocycles. The fourth-order valence-corrected chi connectivity index (χ4v) is 0.681. The zero-order chi connectivity index (χ0) is 10.3. The van der Waals surface area contributed by atoms with Gasteiger partial charge in [-0.2, -0.15) is 0 Å². The van der Waals surface area contributed by atoms with Crippen LogP contribution in [0.5, 0.6) is 0 Å². The van der Waals surface area contributed by atoms with Gasteiger partial charge >= 0.3 is 0 Å². The Morgan fingerprint density at radius 3 is 2.69 bits per heavy atom. The lowest BCUT2D eigenvalue weighted by molar-refractivity contribution is -0.117. The van der Waals surface area contributed by atoms with Gasteiger partial charge in [-0.1, -0.05) is 12.5 Å². The number of hydrogen-bond donors (Lipinski definition) is 1. The highest BCUT2D eigenvalue weighted by Crippen LogP contribution is 1.87. The molecule has 3 heteroatoms. The van der Waals surface area contributed by atoms with Gasteiger partial charge in [0.1, 0.15) is 0 Å². The molecule has 0 aromatic heterocycles. The maximum absolute atomic E-state index is 10.8. The van der Waals surface area contributed by atoms with Crippen molar-refractivity contribution in [3.05, 3.63) is 12.7 Å². The van der Waals surface area contributed by atoms with Gasteiger partial charge in [0, 0.05) is 19.4 Å². The number of ketones is 1. The number of carbonyl (C=O) groups is 2. The van der Waals surface area contributed by atoms with E-state index in [0.29, 0.717) is 6.42 Å². The third-order valence-corrected chi connectivity index (χ3v) is 1.25. The summed E-state index contributed by atoms with van der Waals surface area (Å²) in [5.74, 6) is 4.68. The van der Waals surface area contributed by atoms with E-state index >= 15 is 0 Å². The third kappa shape index (κ3) is 6.82. The average Bonchev–Trinajstić information content (AvgIpc) is 2.03. The predicted octanol–water partition coefficient (Wildman–Crippen LogP) is 0.660. The lowest BCUT2D eigenvalue weighted by Crippen LogP contribution is -2.30. The molecule has 0 aromatic carbocycles. The van der Waals surface area contributed by atoms with E-state index in [1.807, 2.05) is 6.92 Å². The van der Waals surface area contributed by atoms with Crippen LogP contribution in [0.15, 0.2) is 12.7 Å². The van der Waals surface area contributed by atoms with Crippen molar-refractivity contribution in [2.24, 2.45) is 0 Å². The highest BCUT2D eigenvalue weighted by atomic mass is 16.1. The Labute approximate surface area is 78.2 Å². The van der Waals surface area contributed by atoms with E-state index in [4.69, 9.17) is 0 Å². The summed E-state index contributed by atoms with van der Waals surface area (Å²) in [4.78, 5) is 21.2. The minimum absolute atomic E-state index is 0.0580. The SMILES string of the molecule is C=CC(=O)NC(C)CC#CC(C)=O. The summed E-state index contributed by atoms with van der Waals surface area (Å²) >= 11 is 0. The van der Waals surface area contributed by atoms with Crippen LogP contribution in [0.1, 0.15) is 20.3 Å². The molecular weight excluding hydrogens is 166 g/mol. The number of carbonyl (C=O) groups excluding carboxylic acids is 2. The third-order valence-electron chi connectivity index (χ3n) is 1.25. The average molecular weight is 179 g/mol. The highest BCUT2D eigenvalue weighted by molar-refractivity contribution is 5.93.